The van der Waals surface area contributed by atoms with Gasteiger partial charge in [0, 0.05) is 0 Å². The first-order chi connectivity index (χ1) is 22.1. The van der Waals surface area contributed by atoms with Gasteiger partial charge in [0.2, 0.25) is 0 Å². The maximum atomic E-state index is 14.8. The van der Waals surface area contributed by atoms with Crippen LogP contribution in [0.4, 0.5) is 22.0 Å². The van der Waals surface area contributed by atoms with Crippen molar-refractivity contribution in [1.29, 1.82) is 0 Å². The van der Waals surface area contributed by atoms with Crippen molar-refractivity contribution >= 4 is 0 Å². The van der Waals surface area contributed by atoms with Gasteiger partial charge in [-0.3, -0.25) is 0 Å². The summed E-state index contributed by atoms with van der Waals surface area (Å²) in [6.45, 7) is -5.82. The number of halogens is 5. The molecule has 10 aliphatic heterocycles. The molecule has 0 bridgehead atoms. The molecule has 10 aliphatic rings. The Morgan fingerprint density at radius 3 is 0.674 bits per heavy atom. The molecule has 7 heteroatoms. The van der Waals surface area contributed by atoms with Crippen molar-refractivity contribution in [1.82, 2.24) is 3.92 Å². The van der Waals surface area contributed by atoms with Gasteiger partial charge < -0.3 is 0 Å². The zero-order valence-corrected chi connectivity index (χ0v) is 25.2. The van der Waals surface area contributed by atoms with Gasteiger partial charge in [-0.2, -0.15) is 0 Å². The average Bonchev–Trinajstić information content (AvgIpc) is 4.02. The molecule has 10 saturated heterocycles. The van der Waals surface area contributed by atoms with Crippen LogP contribution in [0.15, 0.2) is 121 Å². The molecule has 10 heterocycles. The summed E-state index contributed by atoms with van der Waals surface area (Å²) >= 11 is 0. The van der Waals surface area contributed by atoms with Crippen molar-refractivity contribution in [2.45, 2.75) is 41.1 Å². The number of hydrogen-bond acceptors (Lipinski definition) is 1. The van der Waals surface area contributed by atoms with Gasteiger partial charge >= 0.3 is 252 Å². The Morgan fingerprint density at radius 2 is 0.543 bits per heavy atom. The summed E-state index contributed by atoms with van der Waals surface area (Å²) in [6.07, 6.45) is 0. The topological polar surface area (TPSA) is 3.01 Å². The fourth-order valence-electron chi connectivity index (χ4n) is 23.8. The van der Waals surface area contributed by atoms with Crippen LogP contribution in [0.1, 0.15) is 27.8 Å². The van der Waals surface area contributed by atoms with Crippen LogP contribution in [0, 0.1) is 29.1 Å². The van der Waals surface area contributed by atoms with Crippen LogP contribution in [0.3, 0.4) is 0 Å². The van der Waals surface area contributed by atoms with Gasteiger partial charge in [0.05, 0.1) is 0 Å². The summed E-state index contributed by atoms with van der Waals surface area (Å²) in [5.74, 6) is -1.51. The first-order valence-corrected chi connectivity index (χ1v) is 21.7. The quantitative estimate of drug-likeness (QED) is 0.105. The van der Waals surface area contributed by atoms with Gasteiger partial charge in [-0.25, -0.2) is 0 Å². The molecule has 4 unspecified atom stereocenters. The van der Waals surface area contributed by atoms with E-state index in [1.165, 1.54) is 0 Å². The van der Waals surface area contributed by atoms with Crippen LogP contribution in [0.5, 0.6) is 0 Å². The fraction of sp³-hybridized carbons (Fsp3) is 0.231. The molecule has 5 aromatic carbocycles. The van der Waals surface area contributed by atoms with Crippen molar-refractivity contribution in [3.05, 3.63) is 178 Å². The van der Waals surface area contributed by atoms with Gasteiger partial charge in [0.25, 0.3) is 0 Å². The average molecular weight is 657 g/mol. The third-order valence-electron chi connectivity index (χ3n) is 20.6. The van der Waals surface area contributed by atoms with E-state index < -0.39 is 6.73 Å². The molecule has 46 heavy (non-hydrogen) atoms. The van der Waals surface area contributed by atoms with Crippen molar-refractivity contribution in [3.8, 4) is 0 Å². The van der Waals surface area contributed by atoms with E-state index in [1.54, 1.807) is 60.7 Å². The summed E-state index contributed by atoms with van der Waals surface area (Å²) in [4.78, 5) is 1.63. The molecule has 5 aromatic rings. The molecule has 15 rings (SSSR count). The van der Waals surface area contributed by atoms with Crippen molar-refractivity contribution in [2.24, 2.45) is 0 Å². The molecule has 1 spiro atoms. The van der Waals surface area contributed by atoms with Crippen LogP contribution in [-0.2, 0) is 28.3 Å². The minimum atomic E-state index is -5.82. The minimum absolute atomic E-state index is 0.302. The van der Waals surface area contributed by atoms with Crippen molar-refractivity contribution < 1.29 is 28.7 Å². The van der Waals surface area contributed by atoms with E-state index in [2.05, 4.69) is 3.92 Å². The maximum absolute atomic E-state index is 14.8. The van der Waals surface area contributed by atoms with E-state index in [0.29, 0.717) is 19.5 Å². The van der Waals surface area contributed by atoms with Crippen LogP contribution in [0.25, 0.3) is 0 Å². The van der Waals surface area contributed by atoms with Gasteiger partial charge in [-0.1, -0.05) is 0 Å². The van der Waals surface area contributed by atoms with E-state index >= 15 is 0 Å². The second-order valence-electron chi connectivity index (χ2n) is 17.0. The van der Waals surface area contributed by atoms with Crippen LogP contribution in [0.2, 0.25) is 9.63 Å². The van der Waals surface area contributed by atoms with E-state index in [9.17, 15) is 22.0 Å². The van der Waals surface area contributed by atoms with E-state index in [-0.39, 0.29) is 50.7 Å². The molecule has 0 N–H and O–H groups in total. The Kier molecular flexibility index (Phi) is 1.77. The van der Waals surface area contributed by atoms with Gasteiger partial charge in [-0.05, 0) is 0 Å². The zero-order valence-electron chi connectivity index (χ0n) is 24.0. The van der Waals surface area contributed by atoms with Gasteiger partial charge in [0.1, 0.15) is 0 Å². The van der Waals surface area contributed by atoms with Crippen LogP contribution in [-0.4, -0.2) is 13.8 Å². The molecule has 0 saturated carbocycles. The van der Waals surface area contributed by atoms with Crippen molar-refractivity contribution in [2.75, 3.05) is 0 Å². The summed E-state index contributed by atoms with van der Waals surface area (Å²) in [7, 11) is 0. The molecule has 0 radical (unpaired) electrons. The molecular weight excluding hydrogens is 633 g/mol. The molecule has 0 aromatic heterocycles. The SMILES string of the molecule is Fc1ccc([C]23[C]4(c5ccc(F)cc5)[C]5(c6ccc(F)cc6)[C]6(c7ccc(F)cc7)[C]2(c2ccc(F)cc2)[Fe]34562789[CH]3[CH]2[CH]7[N]8[CH]39)cc1. The summed E-state index contributed by atoms with van der Waals surface area (Å²) in [5.41, 5.74) is 5.63. The number of nitrogens with zero attached hydrogens (tertiary/aromatic N) is 1. The predicted molar refractivity (Wildman–Crippen MR) is 157 cm³/mol. The molecule has 1 nitrogen and oxygen atoms in total. The van der Waals surface area contributed by atoms with Crippen LogP contribution >= 0.6 is 0 Å². The standard InChI is InChI=1S/C35H20F5.C4H4N.Fe/c36-26-11-1-21(2-12-26)31-32(22-3-13-27(37)14-4-22)34(24-7-17-29(39)18-8-24)35(25-9-19-30(40)20-10-25)33(31)23-5-15-28(38)16-6-23;1-2-4-5-3-1;/h1-20H;1-4H;/q;-1;+1. The van der Waals surface area contributed by atoms with E-state index in [0.717, 1.165) is 27.8 Å². The molecule has 4 atom stereocenters. The number of hydrogen-bond donors (Lipinski definition) is 0. The van der Waals surface area contributed by atoms with Gasteiger partial charge in [0.15, 0.2) is 0 Å². The fourth-order valence-corrected chi connectivity index (χ4v) is 99.9. The molecule has 228 valence electrons. The number of fused-ring (bicyclic) bond motifs is 10. The Balaban J connectivity index is 1.26. The van der Waals surface area contributed by atoms with Crippen LogP contribution < -0.4 is 0 Å². The molecular formula is C39H24F5FeN. The third-order valence-corrected chi connectivity index (χ3v) is 62.1. The van der Waals surface area contributed by atoms with Gasteiger partial charge in [-0.15, -0.1) is 0 Å². The molecule has 0 amide bonds. The molecule has 10 fully saturated rings. The Labute approximate surface area is 251 Å². The second-order valence-corrected chi connectivity index (χ2v) is 38.2. The summed E-state index contributed by atoms with van der Waals surface area (Å²) < 4.78 is 75.0. The Bertz CT molecular complexity index is 2330. The first-order valence-electron chi connectivity index (χ1n) is 15.9. The normalized spacial score (nSPS) is 57.7. The van der Waals surface area contributed by atoms with E-state index in [1.807, 2.05) is 60.7 Å². The second kappa shape index (κ2) is 3.60. The summed E-state index contributed by atoms with van der Waals surface area (Å²) in [6, 6.07) is 35.6. The summed E-state index contributed by atoms with van der Waals surface area (Å²) in [5, 5.41) is 0. The zero-order chi connectivity index (χ0) is 30.6. The Hall–Kier alpha value is -3.77. The number of rotatable bonds is 5. The van der Waals surface area contributed by atoms with E-state index in [4.69, 9.17) is 0 Å². The Morgan fingerprint density at radius 1 is 0.348 bits per heavy atom. The predicted octanol–water partition coefficient (Wildman–Crippen LogP) is 8.11. The monoisotopic (exact) mass is 657 g/mol. The third kappa shape index (κ3) is 0.516. The molecule has 0 aliphatic carbocycles. The number of benzene rings is 5. The first kappa shape index (κ1) is 22.7. The van der Waals surface area contributed by atoms with Crippen molar-refractivity contribution in [3.63, 3.8) is 0 Å².